The van der Waals surface area contributed by atoms with Crippen LogP contribution in [0.2, 0.25) is 0 Å². The maximum absolute atomic E-state index is 3.98. The summed E-state index contributed by atoms with van der Waals surface area (Å²) < 4.78 is 2.14. The first-order chi connectivity index (χ1) is 4.99. The van der Waals surface area contributed by atoms with Crippen molar-refractivity contribution in [3.05, 3.63) is 6.33 Å². The van der Waals surface area contributed by atoms with Crippen LogP contribution < -0.4 is 0 Å². The van der Waals surface area contributed by atoms with E-state index in [0.717, 1.165) is 5.16 Å². The van der Waals surface area contributed by atoms with Gasteiger partial charge >= 0.3 is 0 Å². The molecule has 1 aromatic rings. The Labute approximate surface area is 71.2 Å². The highest BCUT2D eigenvalue weighted by molar-refractivity contribution is 8.00. The Balaban J connectivity index is 2.72. The van der Waals surface area contributed by atoms with E-state index in [1.165, 1.54) is 0 Å². The maximum atomic E-state index is 3.98. The van der Waals surface area contributed by atoms with Gasteiger partial charge in [-0.25, -0.2) is 0 Å². The van der Waals surface area contributed by atoms with E-state index < -0.39 is 0 Å². The molecule has 1 heterocycles. The minimum Gasteiger partial charge on any atom is -0.312 e. The molecule has 62 valence electrons. The topological polar surface area (TPSA) is 30.7 Å². The smallest absolute Gasteiger partial charge is 0.191 e. The van der Waals surface area contributed by atoms with Crippen molar-refractivity contribution in [2.45, 2.75) is 30.7 Å². The van der Waals surface area contributed by atoms with Crippen molar-refractivity contribution in [1.29, 1.82) is 0 Å². The molecule has 0 bridgehead atoms. The summed E-state index contributed by atoms with van der Waals surface area (Å²) in [6, 6.07) is 0. The summed E-state index contributed by atoms with van der Waals surface area (Å²) in [7, 11) is 1.95. The van der Waals surface area contributed by atoms with Gasteiger partial charge in [0.15, 0.2) is 5.16 Å². The van der Waals surface area contributed by atoms with E-state index in [2.05, 4.69) is 31.0 Å². The first-order valence-electron chi connectivity index (χ1n) is 3.52. The number of nitrogens with zero attached hydrogens (tertiary/aromatic N) is 3. The number of thioether (sulfide) groups is 1. The Kier molecular flexibility index (Phi) is 2.23. The van der Waals surface area contributed by atoms with Gasteiger partial charge in [0.2, 0.25) is 0 Å². The summed E-state index contributed by atoms with van der Waals surface area (Å²) in [5.74, 6) is 0. The van der Waals surface area contributed by atoms with Gasteiger partial charge in [-0.3, -0.25) is 0 Å². The zero-order chi connectivity index (χ0) is 8.48. The number of hydrogen-bond acceptors (Lipinski definition) is 3. The van der Waals surface area contributed by atoms with Crippen LogP contribution in [0.25, 0.3) is 0 Å². The summed E-state index contributed by atoms with van der Waals surface area (Å²) in [5.41, 5.74) is 0. The molecule has 1 aromatic heterocycles. The van der Waals surface area contributed by atoms with Crippen molar-refractivity contribution >= 4 is 11.8 Å². The molecular formula is C7H13N3S. The van der Waals surface area contributed by atoms with Crippen LogP contribution in [-0.2, 0) is 7.05 Å². The largest absolute Gasteiger partial charge is 0.312 e. The quantitative estimate of drug-likeness (QED) is 0.603. The molecule has 0 unspecified atom stereocenters. The molecule has 4 heteroatoms. The van der Waals surface area contributed by atoms with E-state index in [9.17, 15) is 0 Å². The second-order valence-corrected chi connectivity index (χ2v) is 5.23. The van der Waals surface area contributed by atoms with Gasteiger partial charge in [-0.15, -0.1) is 10.2 Å². The van der Waals surface area contributed by atoms with Crippen LogP contribution in [0.5, 0.6) is 0 Å². The Hall–Kier alpha value is -0.510. The van der Waals surface area contributed by atoms with Gasteiger partial charge in [0.05, 0.1) is 0 Å². The Morgan fingerprint density at radius 2 is 2.09 bits per heavy atom. The van der Waals surface area contributed by atoms with Crippen molar-refractivity contribution in [3.8, 4) is 0 Å². The van der Waals surface area contributed by atoms with E-state index in [4.69, 9.17) is 0 Å². The molecule has 0 fully saturated rings. The van der Waals surface area contributed by atoms with Crippen molar-refractivity contribution in [1.82, 2.24) is 14.8 Å². The van der Waals surface area contributed by atoms with E-state index in [0.29, 0.717) is 0 Å². The third-order valence-corrected chi connectivity index (χ3v) is 2.23. The van der Waals surface area contributed by atoms with Gasteiger partial charge in [-0.05, 0) is 0 Å². The molecule has 0 radical (unpaired) electrons. The van der Waals surface area contributed by atoms with Gasteiger partial charge in [-0.2, -0.15) is 0 Å². The molecule has 0 saturated carbocycles. The molecule has 1 rings (SSSR count). The van der Waals surface area contributed by atoms with Crippen molar-refractivity contribution in [2.24, 2.45) is 7.05 Å². The lowest BCUT2D eigenvalue weighted by atomic mass is 10.3. The molecule has 3 nitrogen and oxygen atoms in total. The van der Waals surface area contributed by atoms with Gasteiger partial charge < -0.3 is 4.57 Å². The van der Waals surface area contributed by atoms with Crippen molar-refractivity contribution in [3.63, 3.8) is 0 Å². The monoisotopic (exact) mass is 171 g/mol. The fourth-order valence-electron chi connectivity index (χ4n) is 0.639. The summed E-state index contributed by atoms with van der Waals surface area (Å²) in [6.07, 6.45) is 1.72. The predicted octanol–water partition coefficient (Wildman–Crippen LogP) is 1.71. The Bertz CT molecular complexity index is 236. The highest BCUT2D eigenvalue weighted by atomic mass is 32.2. The van der Waals surface area contributed by atoms with Crippen molar-refractivity contribution in [2.75, 3.05) is 0 Å². The molecule has 0 saturated heterocycles. The third-order valence-electron chi connectivity index (χ3n) is 1.07. The fourth-order valence-corrected chi connectivity index (χ4v) is 1.47. The minimum atomic E-state index is 0.209. The maximum Gasteiger partial charge on any atom is 0.191 e. The molecule has 0 N–H and O–H groups in total. The normalized spacial score (nSPS) is 12.0. The van der Waals surface area contributed by atoms with Crippen LogP contribution in [0.15, 0.2) is 11.5 Å². The highest BCUT2D eigenvalue weighted by Gasteiger charge is 2.14. The molecule has 0 aliphatic rings. The van der Waals surface area contributed by atoms with Crippen LogP contribution in [0.4, 0.5) is 0 Å². The van der Waals surface area contributed by atoms with Crippen LogP contribution in [-0.4, -0.2) is 19.5 Å². The van der Waals surface area contributed by atoms with Gasteiger partial charge in [0, 0.05) is 11.8 Å². The first-order valence-corrected chi connectivity index (χ1v) is 4.34. The zero-order valence-electron chi connectivity index (χ0n) is 7.33. The molecule has 0 atom stereocenters. The molecule has 11 heavy (non-hydrogen) atoms. The van der Waals surface area contributed by atoms with E-state index >= 15 is 0 Å². The first kappa shape index (κ1) is 8.59. The second kappa shape index (κ2) is 2.85. The highest BCUT2D eigenvalue weighted by Crippen LogP contribution is 2.29. The number of rotatable bonds is 1. The average molecular weight is 171 g/mol. The van der Waals surface area contributed by atoms with Gasteiger partial charge in [-0.1, -0.05) is 32.5 Å². The second-order valence-electron chi connectivity index (χ2n) is 3.44. The molecule has 0 amide bonds. The van der Waals surface area contributed by atoms with Crippen LogP contribution in [0, 0.1) is 0 Å². The Morgan fingerprint density at radius 3 is 2.45 bits per heavy atom. The average Bonchev–Trinajstić information content (AvgIpc) is 2.12. The van der Waals surface area contributed by atoms with Gasteiger partial charge in [0.1, 0.15) is 6.33 Å². The zero-order valence-corrected chi connectivity index (χ0v) is 8.14. The molecule has 0 spiro atoms. The van der Waals surface area contributed by atoms with Crippen LogP contribution in [0.3, 0.4) is 0 Å². The summed E-state index contributed by atoms with van der Waals surface area (Å²) in [6.45, 7) is 6.48. The molecule has 0 aliphatic carbocycles. The summed E-state index contributed by atoms with van der Waals surface area (Å²) in [5, 5.41) is 8.74. The fraction of sp³-hybridized carbons (Fsp3) is 0.714. The van der Waals surface area contributed by atoms with Crippen molar-refractivity contribution < 1.29 is 0 Å². The summed E-state index contributed by atoms with van der Waals surface area (Å²) >= 11 is 1.72. The number of aryl methyl sites for hydroxylation is 1. The predicted molar refractivity (Wildman–Crippen MR) is 46.6 cm³/mol. The SMILES string of the molecule is Cn1cnnc1SC(C)(C)C. The lowest BCUT2D eigenvalue weighted by molar-refractivity contribution is 0.752. The van der Waals surface area contributed by atoms with Gasteiger partial charge in [0.25, 0.3) is 0 Å². The summed E-state index contributed by atoms with van der Waals surface area (Å²) in [4.78, 5) is 0. The minimum absolute atomic E-state index is 0.209. The molecular weight excluding hydrogens is 158 g/mol. The number of aromatic nitrogens is 3. The van der Waals surface area contributed by atoms with E-state index in [-0.39, 0.29) is 4.75 Å². The van der Waals surface area contributed by atoms with Crippen LogP contribution in [0.1, 0.15) is 20.8 Å². The van der Waals surface area contributed by atoms with E-state index in [1.54, 1.807) is 18.1 Å². The number of hydrogen-bond donors (Lipinski definition) is 0. The van der Waals surface area contributed by atoms with Crippen LogP contribution >= 0.6 is 11.8 Å². The Morgan fingerprint density at radius 1 is 1.45 bits per heavy atom. The third kappa shape index (κ3) is 2.54. The standard InChI is InChI=1S/C7H13N3S/c1-7(2,3)11-6-9-8-5-10(6)4/h5H,1-4H3. The molecule has 0 aliphatic heterocycles. The lowest BCUT2D eigenvalue weighted by Gasteiger charge is -2.15. The van der Waals surface area contributed by atoms with E-state index in [1.807, 2.05) is 11.6 Å². The lowest BCUT2D eigenvalue weighted by Crippen LogP contribution is -2.08. The molecule has 0 aromatic carbocycles.